The van der Waals surface area contributed by atoms with Crippen molar-refractivity contribution in [2.24, 2.45) is 5.92 Å². The maximum absolute atomic E-state index is 13.8. The van der Waals surface area contributed by atoms with E-state index in [1.165, 1.54) is 4.90 Å². The average Bonchev–Trinajstić information content (AvgIpc) is 2.63. The average molecular weight is 424 g/mol. The smallest absolute Gasteiger partial charge is 0.256 e. The number of hydrogen-bond acceptors (Lipinski definition) is 3. The molecule has 1 aliphatic rings. The van der Waals surface area contributed by atoms with Crippen LogP contribution in [-0.4, -0.2) is 34.8 Å². The van der Waals surface area contributed by atoms with Crippen LogP contribution in [0.25, 0.3) is 0 Å². The van der Waals surface area contributed by atoms with E-state index in [2.05, 4.69) is 26.2 Å². The minimum atomic E-state index is -0.879. The van der Waals surface area contributed by atoms with Crippen molar-refractivity contribution in [3.63, 3.8) is 0 Å². The summed E-state index contributed by atoms with van der Waals surface area (Å²) in [5, 5.41) is 2.75. The number of carbonyl (C=O) groups excluding carboxylic acids is 2. The molecule has 1 aromatic heterocycles. The number of piperidine rings is 1. The molecule has 26 heavy (non-hydrogen) atoms. The second-order valence-electron chi connectivity index (χ2n) is 6.04. The molecule has 2 amide bonds. The molecule has 1 aliphatic heterocycles. The van der Waals surface area contributed by atoms with Gasteiger partial charge in [-0.05, 0) is 53.0 Å². The van der Waals surface area contributed by atoms with E-state index in [-0.39, 0.29) is 17.4 Å². The van der Waals surface area contributed by atoms with Crippen LogP contribution in [0.2, 0.25) is 0 Å². The van der Waals surface area contributed by atoms with Crippen molar-refractivity contribution >= 4 is 33.6 Å². The largest absolute Gasteiger partial charge is 0.339 e. The lowest BCUT2D eigenvalue weighted by Gasteiger charge is -2.31. The number of benzene rings is 1. The van der Waals surface area contributed by atoms with Gasteiger partial charge in [-0.2, -0.15) is 0 Å². The Hall–Kier alpha value is -2.35. The molecule has 3 rings (SSSR count). The van der Waals surface area contributed by atoms with Gasteiger partial charge in [0, 0.05) is 35.7 Å². The number of nitrogens with one attached hydrogen (secondary N) is 1. The Kier molecular flexibility index (Phi) is 5.61. The van der Waals surface area contributed by atoms with Gasteiger partial charge in [0.25, 0.3) is 5.91 Å². The standard InChI is InChI=1S/C18H16BrF2N3O2/c19-12-1-4-16(22-10-12)23-17(25)11-5-7-24(8-6-11)18(26)14-3-2-13(20)9-15(14)21/h1-4,9-11H,5-8H2,(H,22,23,25). The summed E-state index contributed by atoms with van der Waals surface area (Å²) in [6, 6.07) is 6.37. The highest BCUT2D eigenvalue weighted by atomic mass is 79.9. The molecule has 0 radical (unpaired) electrons. The third-order valence-corrected chi connectivity index (χ3v) is 4.76. The van der Waals surface area contributed by atoms with Gasteiger partial charge in [-0.15, -0.1) is 0 Å². The second-order valence-corrected chi connectivity index (χ2v) is 6.96. The molecular weight excluding hydrogens is 408 g/mol. The molecule has 1 saturated heterocycles. The number of halogens is 3. The summed E-state index contributed by atoms with van der Waals surface area (Å²) >= 11 is 3.28. The highest BCUT2D eigenvalue weighted by Gasteiger charge is 2.29. The fraction of sp³-hybridized carbons (Fsp3) is 0.278. The second kappa shape index (κ2) is 7.90. The normalized spacial score (nSPS) is 15.0. The predicted molar refractivity (Wildman–Crippen MR) is 95.6 cm³/mol. The van der Waals surface area contributed by atoms with Gasteiger partial charge in [0.05, 0.1) is 5.56 Å². The third kappa shape index (κ3) is 4.24. The quantitative estimate of drug-likeness (QED) is 0.819. The molecule has 0 spiro atoms. The zero-order chi connectivity index (χ0) is 18.7. The summed E-state index contributed by atoms with van der Waals surface area (Å²) in [5.41, 5.74) is -0.159. The van der Waals surface area contributed by atoms with Crippen LogP contribution in [-0.2, 0) is 4.79 Å². The Morgan fingerprint density at radius 2 is 1.88 bits per heavy atom. The van der Waals surface area contributed by atoms with Crippen molar-refractivity contribution in [1.82, 2.24) is 9.88 Å². The van der Waals surface area contributed by atoms with Gasteiger partial charge in [-0.1, -0.05) is 0 Å². The lowest BCUT2D eigenvalue weighted by atomic mass is 9.95. The van der Waals surface area contributed by atoms with Gasteiger partial charge in [0.15, 0.2) is 0 Å². The van der Waals surface area contributed by atoms with Crippen molar-refractivity contribution in [2.45, 2.75) is 12.8 Å². The molecule has 136 valence electrons. The monoisotopic (exact) mass is 423 g/mol. The molecule has 0 saturated carbocycles. The van der Waals surface area contributed by atoms with Crippen LogP contribution in [0, 0.1) is 17.6 Å². The van der Waals surface area contributed by atoms with E-state index in [0.29, 0.717) is 37.8 Å². The number of carbonyl (C=O) groups is 2. The molecule has 1 aromatic carbocycles. The molecule has 5 nitrogen and oxygen atoms in total. The molecule has 2 aromatic rings. The molecule has 1 N–H and O–H groups in total. The molecule has 2 heterocycles. The van der Waals surface area contributed by atoms with Gasteiger partial charge in [0.2, 0.25) is 5.91 Å². The third-order valence-electron chi connectivity index (χ3n) is 4.29. The van der Waals surface area contributed by atoms with Crippen LogP contribution in [0.1, 0.15) is 23.2 Å². The number of rotatable bonds is 3. The lowest BCUT2D eigenvalue weighted by molar-refractivity contribution is -0.121. The maximum Gasteiger partial charge on any atom is 0.256 e. The number of amides is 2. The van der Waals surface area contributed by atoms with Crippen molar-refractivity contribution in [2.75, 3.05) is 18.4 Å². The highest BCUT2D eigenvalue weighted by molar-refractivity contribution is 9.10. The Bertz CT molecular complexity index is 822. The van der Waals surface area contributed by atoms with E-state index in [4.69, 9.17) is 0 Å². The van der Waals surface area contributed by atoms with Crippen LogP contribution in [0.3, 0.4) is 0 Å². The van der Waals surface area contributed by atoms with Gasteiger partial charge in [-0.25, -0.2) is 13.8 Å². The van der Waals surface area contributed by atoms with E-state index in [1.807, 2.05) is 0 Å². The first kappa shape index (κ1) is 18.4. The summed E-state index contributed by atoms with van der Waals surface area (Å²) in [4.78, 5) is 30.3. The zero-order valence-electron chi connectivity index (χ0n) is 13.7. The minimum Gasteiger partial charge on any atom is -0.339 e. The fourth-order valence-electron chi connectivity index (χ4n) is 2.86. The SMILES string of the molecule is O=C(Nc1ccc(Br)cn1)C1CCN(C(=O)c2ccc(F)cc2F)CC1. The Balaban J connectivity index is 1.57. The van der Waals surface area contributed by atoms with Gasteiger partial charge in [0.1, 0.15) is 17.5 Å². The van der Waals surface area contributed by atoms with E-state index < -0.39 is 17.5 Å². The van der Waals surface area contributed by atoms with Crippen molar-refractivity contribution in [1.29, 1.82) is 0 Å². The van der Waals surface area contributed by atoms with Crippen LogP contribution >= 0.6 is 15.9 Å². The predicted octanol–water partition coefficient (Wildman–Crippen LogP) is 3.61. The maximum atomic E-state index is 13.8. The summed E-state index contributed by atoms with van der Waals surface area (Å²) < 4.78 is 27.6. The van der Waals surface area contributed by atoms with E-state index in [9.17, 15) is 18.4 Å². The number of aromatic nitrogens is 1. The van der Waals surface area contributed by atoms with Gasteiger partial charge < -0.3 is 10.2 Å². The molecular formula is C18H16BrF2N3O2. The summed E-state index contributed by atoms with van der Waals surface area (Å²) in [5.74, 6) is -2.03. The number of nitrogens with zero attached hydrogens (tertiary/aromatic N) is 2. The molecule has 1 fully saturated rings. The summed E-state index contributed by atoms with van der Waals surface area (Å²) in [7, 11) is 0. The Morgan fingerprint density at radius 1 is 1.15 bits per heavy atom. The number of hydrogen-bond donors (Lipinski definition) is 1. The first-order valence-corrected chi connectivity index (χ1v) is 8.90. The highest BCUT2D eigenvalue weighted by Crippen LogP contribution is 2.22. The van der Waals surface area contributed by atoms with E-state index >= 15 is 0 Å². The summed E-state index contributed by atoms with van der Waals surface area (Å²) in [6.07, 6.45) is 2.53. The summed E-state index contributed by atoms with van der Waals surface area (Å²) in [6.45, 7) is 0.670. The topological polar surface area (TPSA) is 62.3 Å². The Morgan fingerprint density at radius 3 is 2.50 bits per heavy atom. The first-order chi connectivity index (χ1) is 12.4. The van der Waals surface area contributed by atoms with Crippen LogP contribution < -0.4 is 5.32 Å². The lowest BCUT2D eigenvalue weighted by Crippen LogP contribution is -2.41. The molecule has 8 heteroatoms. The minimum absolute atomic E-state index is 0.153. The van der Waals surface area contributed by atoms with Crippen molar-refractivity contribution in [3.8, 4) is 0 Å². The number of pyridine rings is 1. The van der Waals surface area contributed by atoms with Gasteiger partial charge >= 0.3 is 0 Å². The molecule has 0 aliphatic carbocycles. The molecule has 0 unspecified atom stereocenters. The van der Waals surface area contributed by atoms with Crippen LogP contribution in [0.5, 0.6) is 0 Å². The number of anilines is 1. The van der Waals surface area contributed by atoms with Crippen molar-refractivity contribution < 1.29 is 18.4 Å². The number of likely N-dealkylation sites (tertiary alicyclic amines) is 1. The Labute approximate surface area is 157 Å². The van der Waals surface area contributed by atoms with Crippen LogP contribution in [0.4, 0.5) is 14.6 Å². The van der Waals surface area contributed by atoms with Crippen molar-refractivity contribution in [3.05, 3.63) is 58.2 Å². The molecule has 0 atom stereocenters. The molecule has 0 bridgehead atoms. The van der Waals surface area contributed by atoms with E-state index in [0.717, 1.165) is 16.6 Å². The van der Waals surface area contributed by atoms with Gasteiger partial charge in [-0.3, -0.25) is 9.59 Å². The van der Waals surface area contributed by atoms with E-state index in [1.54, 1.807) is 18.3 Å². The first-order valence-electron chi connectivity index (χ1n) is 8.11. The fourth-order valence-corrected chi connectivity index (χ4v) is 3.09. The van der Waals surface area contributed by atoms with Crippen LogP contribution in [0.15, 0.2) is 41.0 Å². The zero-order valence-corrected chi connectivity index (χ0v) is 15.3.